The van der Waals surface area contributed by atoms with Gasteiger partial charge in [0.2, 0.25) is 0 Å². The van der Waals surface area contributed by atoms with E-state index in [4.69, 9.17) is 9.47 Å². The van der Waals surface area contributed by atoms with Gasteiger partial charge in [-0.25, -0.2) is 15.0 Å². The van der Waals surface area contributed by atoms with E-state index >= 15 is 0 Å². The smallest absolute Gasteiger partial charge is 0.254 e. The first kappa shape index (κ1) is 22.3. The fraction of sp³-hybridized carbons (Fsp3) is 0.333. The summed E-state index contributed by atoms with van der Waals surface area (Å²) in [5.74, 6) is 4.05. The monoisotopic (exact) mass is 448 g/mol. The highest BCUT2D eigenvalue weighted by Gasteiger charge is 2.24. The third kappa shape index (κ3) is 5.14. The summed E-state index contributed by atoms with van der Waals surface area (Å²) >= 11 is 0. The second kappa shape index (κ2) is 9.72. The number of nitrogens with zero attached hydrogens (tertiary/aromatic N) is 5. The van der Waals surface area contributed by atoms with Gasteiger partial charge in [-0.2, -0.15) is 0 Å². The molecule has 9 heteroatoms. The molecule has 1 aliphatic rings. The Kier molecular flexibility index (Phi) is 6.58. The number of pyridine rings is 1. The second-order valence-electron chi connectivity index (χ2n) is 7.85. The molecule has 0 saturated carbocycles. The summed E-state index contributed by atoms with van der Waals surface area (Å²) < 4.78 is 10.6. The molecule has 4 rings (SSSR count). The Bertz CT molecular complexity index is 1140. The summed E-state index contributed by atoms with van der Waals surface area (Å²) in [6.45, 7) is 6.44. The van der Waals surface area contributed by atoms with E-state index in [1.807, 2.05) is 36.9 Å². The fourth-order valence-corrected chi connectivity index (χ4v) is 3.80. The first-order valence-electron chi connectivity index (χ1n) is 10.8. The predicted octanol–water partition coefficient (Wildman–Crippen LogP) is 3.21. The van der Waals surface area contributed by atoms with Crippen LogP contribution in [0.2, 0.25) is 0 Å². The molecular weight excluding hydrogens is 420 g/mol. The van der Waals surface area contributed by atoms with Crippen molar-refractivity contribution in [2.45, 2.75) is 13.8 Å². The number of carbonyl (C=O) groups excluding carboxylic acids is 1. The minimum absolute atomic E-state index is 0.0256. The van der Waals surface area contributed by atoms with E-state index in [0.29, 0.717) is 54.9 Å². The van der Waals surface area contributed by atoms with Crippen molar-refractivity contribution < 1.29 is 14.3 Å². The number of aromatic nitrogens is 3. The average molecular weight is 449 g/mol. The van der Waals surface area contributed by atoms with Gasteiger partial charge in [-0.3, -0.25) is 4.79 Å². The Hall–Kier alpha value is -3.88. The van der Waals surface area contributed by atoms with Crippen molar-refractivity contribution in [1.82, 2.24) is 19.9 Å². The molecule has 1 aliphatic heterocycles. The van der Waals surface area contributed by atoms with Gasteiger partial charge in [0.05, 0.1) is 14.2 Å². The number of methoxy groups -OCH3 is 2. The van der Waals surface area contributed by atoms with Crippen molar-refractivity contribution in [2.24, 2.45) is 0 Å². The van der Waals surface area contributed by atoms with Gasteiger partial charge in [-0.15, -0.1) is 0 Å². The van der Waals surface area contributed by atoms with Crippen molar-refractivity contribution in [2.75, 3.05) is 50.6 Å². The summed E-state index contributed by atoms with van der Waals surface area (Å²) in [6, 6.07) is 11.1. The number of amides is 1. The molecule has 1 amide bonds. The minimum atomic E-state index is -0.0256. The molecule has 2 aromatic heterocycles. The van der Waals surface area contributed by atoms with Crippen molar-refractivity contribution in [3.63, 3.8) is 0 Å². The molecule has 33 heavy (non-hydrogen) atoms. The summed E-state index contributed by atoms with van der Waals surface area (Å²) in [4.78, 5) is 30.5. The van der Waals surface area contributed by atoms with E-state index in [1.54, 1.807) is 38.6 Å². The van der Waals surface area contributed by atoms with Crippen LogP contribution in [0.15, 0.2) is 42.6 Å². The molecular formula is C24H28N6O3. The summed E-state index contributed by atoms with van der Waals surface area (Å²) in [5, 5.41) is 3.26. The maximum absolute atomic E-state index is 13.0. The van der Waals surface area contributed by atoms with Crippen LogP contribution in [0.1, 0.15) is 21.7 Å². The summed E-state index contributed by atoms with van der Waals surface area (Å²) in [5.41, 5.74) is 1.70. The van der Waals surface area contributed by atoms with Crippen LogP contribution in [0, 0.1) is 13.8 Å². The second-order valence-corrected chi connectivity index (χ2v) is 7.85. The zero-order valence-corrected chi connectivity index (χ0v) is 19.3. The first-order chi connectivity index (χ1) is 16.0. The first-order valence-corrected chi connectivity index (χ1v) is 10.8. The van der Waals surface area contributed by atoms with Crippen molar-refractivity contribution in [3.05, 3.63) is 59.5 Å². The van der Waals surface area contributed by atoms with Crippen LogP contribution < -0.4 is 19.7 Å². The lowest BCUT2D eigenvalue weighted by Crippen LogP contribution is -2.49. The van der Waals surface area contributed by atoms with Crippen molar-refractivity contribution in [3.8, 4) is 11.5 Å². The van der Waals surface area contributed by atoms with Crippen LogP contribution in [0.3, 0.4) is 0 Å². The molecule has 0 aliphatic carbocycles. The topological polar surface area (TPSA) is 92.7 Å². The lowest BCUT2D eigenvalue weighted by atomic mass is 10.1. The number of hydrogen-bond donors (Lipinski definition) is 1. The molecule has 3 aromatic rings. The number of aryl methyl sites for hydroxylation is 2. The van der Waals surface area contributed by atoms with E-state index in [1.165, 1.54) is 0 Å². The van der Waals surface area contributed by atoms with E-state index in [-0.39, 0.29) is 5.91 Å². The van der Waals surface area contributed by atoms with Crippen LogP contribution >= 0.6 is 0 Å². The quantitative estimate of drug-likeness (QED) is 0.615. The Labute approximate surface area is 193 Å². The molecule has 172 valence electrons. The SMILES string of the molecule is COc1ccc(C(=O)N2CCN(c3cc(Nc4cc(C)ccn4)nc(C)n3)CC2)cc1OC. The number of rotatable bonds is 6. The van der Waals surface area contributed by atoms with E-state index < -0.39 is 0 Å². The number of carbonyl (C=O) groups is 1. The molecule has 0 radical (unpaired) electrons. The van der Waals surface area contributed by atoms with Gasteiger partial charge in [0.15, 0.2) is 11.5 Å². The number of nitrogens with one attached hydrogen (secondary N) is 1. The lowest BCUT2D eigenvalue weighted by molar-refractivity contribution is 0.0746. The molecule has 1 saturated heterocycles. The van der Waals surface area contributed by atoms with Crippen LogP contribution in [-0.4, -0.2) is 66.2 Å². The molecule has 0 unspecified atom stereocenters. The van der Waals surface area contributed by atoms with Gasteiger partial charge in [-0.1, -0.05) is 0 Å². The standard InChI is InChI=1S/C24H28N6O3/c1-16-7-8-25-21(13-16)28-22-15-23(27-17(2)26-22)29-9-11-30(12-10-29)24(31)18-5-6-19(32-3)20(14-18)33-4/h5-8,13-15H,9-12H2,1-4H3,(H,25,26,27,28). The summed E-state index contributed by atoms with van der Waals surface area (Å²) in [6.07, 6.45) is 1.77. The fourth-order valence-electron chi connectivity index (χ4n) is 3.80. The van der Waals surface area contributed by atoms with Crippen molar-refractivity contribution in [1.29, 1.82) is 0 Å². The van der Waals surface area contributed by atoms with Crippen LogP contribution in [0.25, 0.3) is 0 Å². The number of anilines is 3. The van der Waals surface area contributed by atoms with E-state index in [2.05, 4.69) is 25.2 Å². The normalized spacial score (nSPS) is 13.6. The third-order valence-corrected chi connectivity index (χ3v) is 5.52. The molecule has 0 spiro atoms. The molecule has 9 nitrogen and oxygen atoms in total. The lowest BCUT2D eigenvalue weighted by Gasteiger charge is -2.35. The number of ether oxygens (including phenoxy) is 2. The Morgan fingerprint density at radius 2 is 1.67 bits per heavy atom. The maximum atomic E-state index is 13.0. The molecule has 1 aromatic carbocycles. The van der Waals surface area contributed by atoms with Crippen LogP contribution in [0.5, 0.6) is 11.5 Å². The Morgan fingerprint density at radius 3 is 2.36 bits per heavy atom. The van der Waals surface area contributed by atoms with Crippen LogP contribution in [-0.2, 0) is 0 Å². The van der Waals surface area contributed by atoms with E-state index in [9.17, 15) is 4.79 Å². The number of hydrogen-bond acceptors (Lipinski definition) is 8. The highest BCUT2D eigenvalue weighted by Crippen LogP contribution is 2.28. The van der Waals surface area contributed by atoms with Crippen molar-refractivity contribution >= 4 is 23.4 Å². The van der Waals surface area contributed by atoms with Gasteiger partial charge in [-0.05, 0) is 49.7 Å². The van der Waals surface area contributed by atoms with Gasteiger partial charge < -0.3 is 24.6 Å². The largest absolute Gasteiger partial charge is 0.493 e. The molecule has 0 bridgehead atoms. The summed E-state index contributed by atoms with van der Waals surface area (Å²) in [7, 11) is 3.14. The highest BCUT2D eigenvalue weighted by atomic mass is 16.5. The Morgan fingerprint density at radius 1 is 0.909 bits per heavy atom. The average Bonchev–Trinajstić information content (AvgIpc) is 2.83. The Balaban J connectivity index is 1.43. The molecule has 3 heterocycles. The molecule has 1 N–H and O–H groups in total. The van der Waals surface area contributed by atoms with Gasteiger partial charge >= 0.3 is 0 Å². The number of benzene rings is 1. The minimum Gasteiger partial charge on any atom is -0.493 e. The van der Waals surface area contributed by atoms with Crippen LogP contribution in [0.4, 0.5) is 17.5 Å². The zero-order chi connectivity index (χ0) is 23.4. The highest BCUT2D eigenvalue weighted by molar-refractivity contribution is 5.95. The van der Waals surface area contributed by atoms with Gasteiger partial charge in [0.25, 0.3) is 5.91 Å². The molecule has 0 atom stereocenters. The third-order valence-electron chi connectivity index (χ3n) is 5.52. The zero-order valence-electron chi connectivity index (χ0n) is 19.3. The van der Waals surface area contributed by atoms with E-state index in [0.717, 1.165) is 17.2 Å². The molecule has 1 fully saturated rings. The number of piperazine rings is 1. The van der Waals surface area contributed by atoms with Gasteiger partial charge in [0, 0.05) is 44.0 Å². The maximum Gasteiger partial charge on any atom is 0.254 e. The van der Waals surface area contributed by atoms with Gasteiger partial charge in [0.1, 0.15) is 23.3 Å². The predicted molar refractivity (Wildman–Crippen MR) is 127 cm³/mol.